The van der Waals surface area contributed by atoms with Crippen LogP contribution in [0.25, 0.3) is 6.08 Å². The first kappa shape index (κ1) is 23.8. The van der Waals surface area contributed by atoms with Crippen LogP contribution in [0.2, 0.25) is 0 Å². The summed E-state index contributed by atoms with van der Waals surface area (Å²) in [6, 6.07) is 23.4. The lowest BCUT2D eigenvalue weighted by atomic mass is 10.1. The van der Waals surface area contributed by atoms with Crippen LogP contribution in [0.3, 0.4) is 0 Å². The number of nitrogens with one attached hydrogen (secondary N) is 1. The van der Waals surface area contributed by atoms with Gasteiger partial charge in [0, 0.05) is 0 Å². The summed E-state index contributed by atoms with van der Waals surface area (Å²) >= 11 is 0. The normalized spacial score (nSPS) is 15.7. The third-order valence-corrected chi connectivity index (χ3v) is 5.52. The van der Waals surface area contributed by atoms with Crippen LogP contribution < -0.4 is 14.8 Å². The number of carbonyl (C=O) groups excluding carboxylic acids is 3. The zero-order valence-corrected chi connectivity index (χ0v) is 19.6. The van der Waals surface area contributed by atoms with Crippen molar-refractivity contribution in [1.29, 1.82) is 0 Å². The first-order valence-electron chi connectivity index (χ1n) is 11.4. The second-order valence-electron chi connectivity index (χ2n) is 8.00. The number of amides is 4. The molecule has 4 amide bonds. The maximum absolute atomic E-state index is 13.1. The molecule has 1 aliphatic heterocycles. The molecule has 0 aromatic heterocycles. The van der Waals surface area contributed by atoms with Gasteiger partial charge in [-0.3, -0.25) is 19.8 Å². The third-order valence-electron chi connectivity index (χ3n) is 5.52. The van der Waals surface area contributed by atoms with E-state index in [2.05, 4.69) is 5.32 Å². The number of ether oxygens (including phenoxy) is 2. The minimum atomic E-state index is -0.741. The first-order valence-corrected chi connectivity index (χ1v) is 11.4. The molecule has 0 unspecified atom stereocenters. The van der Waals surface area contributed by atoms with E-state index in [0.29, 0.717) is 23.7 Å². The molecule has 3 aromatic carbocycles. The number of hydrogen-bond donors (Lipinski definition) is 1. The Hall–Kier alpha value is -4.39. The monoisotopic (exact) mass is 470 g/mol. The van der Waals surface area contributed by atoms with E-state index in [1.807, 2.05) is 74.5 Å². The van der Waals surface area contributed by atoms with Crippen molar-refractivity contribution in [1.82, 2.24) is 10.2 Å². The molecular formula is C28H26N2O5. The topological polar surface area (TPSA) is 84.9 Å². The highest BCUT2D eigenvalue weighted by atomic mass is 16.5. The van der Waals surface area contributed by atoms with Gasteiger partial charge in [0.1, 0.15) is 11.7 Å². The van der Waals surface area contributed by atoms with Crippen molar-refractivity contribution in [2.45, 2.75) is 26.5 Å². The molecule has 0 saturated carbocycles. The molecule has 35 heavy (non-hydrogen) atoms. The van der Waals surface area contributed by atoms with Crippen LogP contribution in [0.5, 0.6) is 11.5 Å². The fraction of sp³-hybridized carbons (Fsp3) is 0.179. The minimum Gasteiger partial charge on any atom is -0.490 e. The number of urea groups is 1. The van der Waals surface area contributed by atoms with Crippen molar-refractivity contribution in [3.05, 3.63) is 101 Å². The third kappa shape index (κ3) is 5.58. The first-order chi connectivity index (χ1) is 17.0. The van der Waals surface area contributed by atoms with Gasteiger partial charge in [-0.1, -0.05) is 66.7 Å². The molecule has 1 aliphatic rings. The van der Waals surface area contributed by atoms with Crippen molar-refractivity contribution >= 4 is 23.9 Å². The quantitative estimate of drug-likeness (QED) is 0.374. The Balaban J connectivity index is 1.59. The van der Waals surface area contributed by atoms with E-state index in [1.165, 1.54) is 6.08 Å². The van der Waals surface area contributed by atoms with E-state index in [-0.39, 0.29) is 18.2 Å². The van der Waals surface area contributed by atoms with Gasteiger partial charge >= 0.3 is 6.03 Å². The maximum atomic E-state index is 13.1. The van der Waals surface area contributed by atoms with E-state index < -0.39 is 17.8 Å². The van der Waals surface area contributed by atoms with Gasteiger partial charge in [-0.05, 0) is 48.7 Å². The Bertz CT molecular complexity index is 1250. The van der Waals surface area contributed by atoms with Crippen LogP contribution in [-0.2, 0) is 16.1 Å². The van der Waals surface area contributed by atoms with Crippen molar-refractivity contribution < 1.29 is 23.9 Å². The smallest absolute Gasteiger partial charge is 0.331 e. The Morgan fingerprint density at radius 3 is 2.29 bits per heavy atom. The number of imide groups is 2. The number of barbiturate groups is 1. The molecule has 178 valence electrons. The number of benzene rings is 3. The van der Waals surface area contributed by atoms with E-state index in [1.54, 1.807) is 18.2 Å². The highest BCUT2D eigenvalue weighted by Crippen LogP contribution is 2.33. The summed E-state index contributed by atoms with van der Waals surface area (Å²) in [6.45, 7) is 4.28. The molecule has 0 aliphatic carbocycles. The summed E-state index contributed by atoms with van der Waals surface area (Å²) in [5.41, 5.74) is 2.24. The lowest BCUT2D eigenvalue weighted by Crippen LogP contribution is -2.53. The van der Waals surface area contributed by atoms with Crippen molar-refractivity contribution in [3.8, 4) is 11.5 Å². The van der Waals surface area contributed by atoms with Gasteiger partial charge in [0.25, 0.3) is 11.8 Å². The second kappa shape index (κ2) is 10.7. The number of carbonyl (C=O) groups is 3. The van der Waals surface area contributed by atoms with Gasteiger partial charge in [0.05, 0.1) is 13.2 Å². The molecule has 0 bridgehead atoms. The van der Waals surface area contributed by atoms with Crippen molar-refractivity contribution in [2.75, 3.05) is 6.61 Å². The number of hydrogen-bond acceptors (Lipinski definition) is 5. The van der Waals surface area contributed by atoms with E-state index in [0.717, 1.165) is 16.0 Å². The number of nitrogens with zero attached hydrogens (tertiary/aromatic N) is 1. The fourth-order valence-electron chi connectivity index (χ4n) is 3.73. The van der Waals surface area contributed by atoms with E-state index in [4.69, 9.17) is 9.47 Å². The Morgan fingerprint density at radius 1 is 0.914 bits per heavy atom. The minimum absolute atomic E-state index is 0.0600. The zero-order valence-electron chi connectivity index (χ0n) is 19.6. The Labute approximate surface area is 204 Å². The SMILES string of the molecule is CCOc1cc(/C=C2\C(=O)NC(=O)N(Cc3ccccc3)C2=O)ccc1O[C@@H](C)c1ccccc1. The number of rotatable bonds is 8. The van der Waals surface area contributed by atoms with Gasteiger partial charge in [0.2, 0.25) is 0 Å². The maximum Gasteiger partial charge on any atom is 0.331 e. The average Bonchev–Trinajstić information content (AvgIpc) is 2.87. The molecule has 7 heteroatoms. The van der Waals surface area contributed by atoms with Crippen molar-refractivity contribution in [3.63, 3.8) is 0 Å². The summed E-state index contributed by atoms with van der Waals surface area (Å²) in [6.07, 6.45) is 1.25. The molecule has 7 nitrogen and oxygen atoms in total. The molecule has 1 atom stereocenters. The van der Waals surface area contributed by atoms with E-state index in [9.17, 15) is 14.4 Å². The van der Waals surface area contributed by atoms with Crippen LogP contribution in [0.4, 0.5) is 4.79 Å². The zero-order chi connectivity index (χ0) is 24.8. The molecule has 3 aromatic rings. The van der Waals surface area contributed by atoms with Gasteiger partial charge in [-0.25, -0.2) is 4.79 Å². The Morgan fingerprint density at radius 2 is 1.60 bits per heavy atom. The fourth-order valence-corrected chi connectivity index (χ4v) is 3.73. The molecule has 4 rings (SSSR count). The largest absolute Gasteiger partial charge is 0.490 e. The molecule has 0 radical (unpaired) electrons. The predicted octanol–water partition coefficient (Wildman–Crippen LogP) is 4.89. The summed E-state index contributed by atoms with van der Waals surface area (Å²) < 4.78 is 11.9. The summed E-state index contributed by atoms with van der Waals surface area (Å²) in [5.74, 6) is -0.352. The van der Waals surface area contributed by atoms with Crippen LogP contribution in [0, 0.1) is 0 Å². The van der Waals surface area contributed by atoms with Crippen molar-refractivity contribution in [2.24, 2.45) is 0 Å². The molecule has 1 fully saturated rings. The predicted molar refractivity (Wildman–Crippen MR) is 132 cm³/mol. The molecule has 0 spiro atoms. The van der Waals surface area contributed by atoms with Gasteiger partial charge < -0.3 is 9.47 Å². The molecule has 1 saturated heterocycles. The second-order valence-corrected chi connectivity index (χ2v) is 8.00. The highest BCUT2D eigenvalue weighted by molar-refractivity contribution is 6.30. The van der Waals surface area contributed by atoms with Crippen LogP contribution in [-0.4, -0.2) is 29.4 Å². The van der Waals surface area contributed by atoms with Gasteiger partial charge in [-0.15, -0.1) is 0 Å². The van der Waals surface area contributed by atoms with Gasteiger partial charge in [-0.2, -0.15) is 0 Å². The molecule has 1 heterocycles. The lowest BCUT2D eigenvalue weighted by molar-refractivity contribution is -0.130. The standard InChI is InChI=1S/C28H26N2O5/c1-3-34-25-17-21(14-15-24(25)35-19(2)22-12-8-5-9-13-22)16-23-26(31)29-28(33)30(27(23)32)18-20-10-6-4-7-11-20/h4-17,19H,3,18H2,1-2H3,(H,29,31,33)/b23-16+/t19-/m0/s1. The van der Waals surface area contributed by atoms with Crippen LogP contribution >= 0.6 is 0 Å². The summed E-state index contributed by atoms with van der Waals surface area (Å²) in [4.78, 5) is 38.9. The Kier molecular flexibility index (Phi) is 7.26. The highest BCUT2D eigenvalue weighted by Gasteiger charge is 2.35. The molecular weight excluding hydrogens is 444 g/mol. The summed E-state index contributed by atoms with van der Waals surface area (Å²) in [5, 5.41) is 2.25. The molecule has 1 N–H and O–H groups in total. The van der Waals surface area contributed by atoms with Gasteiger partial charge in [0.15, 0.2) is 11.5 Å². The summed E-state index contributed by atoms with van der Waals surface area (Å²) in [7, 11) is 0. The van der Waals surface area contributed by atoms with Crippen LogP contribution in [0.15, 0.2) is 84.4 Å². The van der Waals surface area contributed by atoms with Crippen LogP contribution in [0.1, 0.15) is 36.6 Å². The van der Waals surface area contributed by atoms with E-state index >= 15 is 0 Å². The lowest BCUT2D eigenvalue weighted by Gasteiger charge is -2.26. The average molecular weight is 471 g/mol.